The SMILES string of the molecule is COC(=O)C[C@H]1CN=C(N)NC1=O. The molecule has 0 aromatic heterocycles. The van der Waals surface area contributed by atoms with Crippen LogP contribution in [0.3, 0.4) is 0 Å². The smallest absolute Gasteiger partial charge is 0.306 e. The molecule has 0 aromatic rings. The highest BCUT2D eigenvalue weighted by molar-refractivity contribution is 6.00. The minimum Gasteiger partial charge on any atom is -0.469 e. The molecule has 1 heterocycles. The number of nitrogens with two attached hydrogens (primary N) is 1. The maximum Gasteiger partial charge on any atom is 0.306 e. The zero-order chi connectivity index (χ0) is 9.84. The predicted molar refractivity (Wildman–Crippen MR) is 44.8 cm³/mol. The number of carbonyl (C=O) groups excluding carboxylic acids is 2. The molecule has 0 fully saturated rings. The second-order valence-corrected chi connectivity index (χ2v) is 2.69. The quantitative estimate of drug-likeness (QED) is 0.518. The molecule has 3 N–H and O–H groups in total. The van der Waals surface area contributed by atoms with Crippen molar-refractivity contribution in [3.8, 4) is 0 Å². The van der Waals surface area contributed by atoms with Crippen LogP contribution in [-0.4, -0.2) is 31.5 Å². The molecule has 0 saturated carbocycles. The molecule has 0 aliphatic carbocycles. The molecule has 1 atom stereocenters. The van der Waals surface area contributed by atoms with E-state index in [0.29, 0.717) is 0 Å². The summed E-state index contributed by atoms with van der Waals surface area (Å²) in [6, 6.07) is 0. The molecule has 0 spiro atoms. The number of carbonyl (C=O) groups is 2. The Morgan fingerprint density at radius 3 is 3.08 bits per heavy atom. The summed E-state index contributed by atoms with van der Waals surface area (Å²) in [5, 5.41) is 2.34. The zero-order valence-electron chi connectivity index (χ0n) is 7.24. The summed E-state index contributed by atoms with van der Waals surface area (Å²) in [6.07, 6.45) is 0.0408. The van der Waals surface area contributed by atoms with Crippen molar-refractivity contribution in [1.82, 2.24) is 5.32 Å². The number of nitrogens with zero attached hydrogens (tertiary/aromatic N) is 1. The van der Waals surface area contributed by atoms with Crippen molar-refractivity contribution in [1.29, 1.82) is 0 Å². The van der Waals surface area contributed by atoms with E-state index >= 15 is 0 Å². The summed E-state index contributed by atoms with van der Waals surface area (Å²) < 4.78 is 4.43. The molecule has 0 saturated heterocycles. The number of methoxy groups -OCH3 is 1. The van der Waals surface area contributed by atoms with Crippen LogP contribution in [0.15, 0.2) is 4.99 Å². The summed E-state index contributed by atoms with van der Waals surface area (Å²) >= 11 is 0. The molecule has 13 heavy (non-hydrogen) atoms. The minimum absolute atomic E-state index is 0.0408. The van der Waals surface area contributed by atoms with Crippen LogP contribution in [0, 0.1) is 5.92 Å². The Kier molecular flexibility index (Phi) is 2.84. The van der Waals surface area contributed by atoms with Crippen molar-refractivity contribution in [3.05, 3.63) is 0 Å². The first-order valence-corrected chi connectivity index (χ1v) is 3.81. The summed E-state index contributed by atoms with van der Waals surface area (Å²) in [6.45, 7) is 0.243. The van der Waals surface area contributed by atoms with Crippen LogP contribution in [0.2, 0.25) is 0 Å². The van der Waals surface area contributed by atoms with Gasteiger partial charge in [-0.05, 0) is 0 Å². The van der Waals surface area contributed by atoms with Gasteiger partial charge < -0.3 is 10.5 Å². The average Bonchev–Trinajstić information content (AvgIpc) is 2.09. The summed E-state index contributed by atoms with van der Waals surface area (Å²) in [4.78, 5) is 25.8. The molecule has 0 aromatic carbocycles. The van der Waals surface area contributed by atoms with Crippen LogP contribution in [0.5, 0.6) is 0 Å². The van der Waals surface area contributed by atoms with E-state index in [1.165, 1.54) is 7.11 Å². The van der Waals surface area contributed by atoms with Crippen LogP contribution < -0.4 is 11.1 Å². The monoisotopic (exact) mass is 185 g/mol. The number of guanidine groups is 1. The summed E-state index contributed by atoms with van der Waals surface area (Å²) in [5.74, 6) is -1.06. The fourth-order valence-corrected chi connectivity index (χ4v) is 1.00. The van der Waals surface area contributed by atoms with Crippen molar-refractivity contribution in [2.24, 2.45) is 16.6 Å². The minimum atomic E-state index is -0.459. The van der Waals surface area contributed by atoms with E-state index in [0.717, 1.165) is 0 Å². The Balaban J connectivity index is 2.53. The lowest BCUT2D eigenvalue weighted by Crippen LogP contribution is -2.46. The highest BCUT2D eigenvalue weighted by Gasteiger charge is 2.25. The molecule has 6 heteroatoms. The lowest BCUT2D eigenvalue weighted by molar-refractivity contribution is -0.143. The average molecular weight is 185 g/mol. The highest BCUT2D eigenvalue weighted by Crippen LogP contribution is 2.08. The van der Waals surface area contributed by atoms with Crippen molar-refractivity contribution in [2.45, 2.75) is 6.42 Å². The Bertz CT molecular complexity index is 262. The van der Waals surface area contributed by atoms with Gasteiger partial charge in [0.2, 0.25) is 5.91 Å². The van der Waals surface area contributed by atoms with E-state index in [4.69, 9.17) is 5.73 Å². The molecule has 1 aliphatic rings. The van der Waals surface area contributed by atoms with E-state index in [1.807, 2.05) is 0 Å². The van der Waals surface area contributed by atoms with Gasteiger partial charge in [-0.15, -0.1) is 0 Å². The van der Waals surface area contributed by atoms with Crippen molar-refractivity contribution in [2.75, 3.05) is 13.7 Å². The third-order valence-corrected chi connectivity index (χ3v) is 1.74. The number of esters is 1. The lowest BCUT2D eigenvalue weighted by Gasteiger charge is -2.17. The van der Waals surface area contributed by atoms with Gasteiger partial charge in [0.05, 0.1) is 26.0 Å². The second kappa shape index (κ2) is 3.88. The van der Waals surface area contributed by atoms with Crippen LogP contribution in [0.1, 0.15) is 6.42 Å². The maximum atomic E-state index is 11.2. The Morgan fingerprint density at radius 1 is 1.85 bits per heavy atom. The van der Waals surface area contributed by atoms with Gasteiger partial charge in [0, 0.05) is 0 Å². The first kappa shape index (κ1) is 9.50. The molecule has 1 amide bonds. The molecule has 0 unspecified atom stereocenters. The van der Waals surface area contributed by atoms with Gasteiger partial charge in [0.15, 0.2) is 5.96 Å². The molecule has 0 bridgehead atoms. The van der Waals surface area contributed by atoms with Crippen LogP contribution in [0.4, 0.5) is 0 Å². The van der Waals surface area contributed by atoms with Gasteiger partial charge in [-0.1, -0.05) is 0 Å². The molecule has 72 valence electrons. The fraction of sp³-hybridized carbons (Fsp3) is 0.571. The van der Waals surface area contributed by atoms with Gasteiger partial charge in [-0.2, -0.15) is 0 Å². The van der Waals surface area contributed by atoms with Crippen molar-refractivity contribution in [3.63, 3.8) is 0 Å². The second-order valence-electron chi connectivity index (χ2n) is 2.69. The van der Waals surface area contributed by atoms with E-state index < -0.39 is 11.9 Å². The van der Waals surface area contributed by atoms with Gasteiger partial charge >= 0.3 is 5.97 Å². The normalized spacial score (nSPS) is 21.8. The molecular weight excluding hydrogens is 174 g/mol. The van der Waals surface area contributed by atoms with Crippen LogP contribution >= 0.6 is 0 Å². The zero-order valence-corrected chi connectivity index (χ0v) is 7.24. The molecule has 1 rings (SSSR count). The Labute approximate surface area is 75.1 Å². The van der Waals surface area contributed by atoms with E-state index in [2.05, 4.69) is 15.0 Å². The van der Waals surface area contributed by atoms with Crippen molar-refractivity contribution >= 4 is 17.8 Å². The Morgan fingerprint density at radius 2 is 2.54 bits per heavy atom. The number of hydrogen-bond acceptors (Lipinski definition) is 5. The van der Waals surface area contributed by atoms with E-state index in [-0.39, 0.29) is 24.8 Å². The standard InChI is InChI=1S/C7H11N3O3/c1-13-5(11)2-4-3-9-7(8)10-6(4)12/h4H,2-3H2,1H3,(H3,8,9,10,12)/t4-/m0/s1. The first-order chi connectivity index (χ1) is 6.13. The fourth-order valence-electron chi connectivity index (χ4n) is 1.00. The molecule has 6 nitrogen and oxygen atoms in total. The third kappa shape index (κ3) is 2.43. The van der Waals surface area contributed by atoms with Gasteiger partial charge in [-0.25, -0.2) is 0 Å². The van der Waals surface area contributed by atoms with Crippen LogP contribution in [-0.2, 0) is 14.3 Å². The topological polar surface area (TPSA) is 93.8 Å². The molecule has 1 aliphatic heterocycles. The maximum absolute atomic E-state index is 11.2. The summed E-state index contributed by atoms with van der Waals surface area (Å²) in [7, 11) is 1.28. The van der Waals surface area contributed by atoms with Crippen molar-refractivity contribution < 1.29 is 14.3 Å². The number of amides is 1. The van der Waals surface area contributed by atoms with E-state index in [9.17, 15) is 9.59 Å². The van der Waals surface area contributed by atoms with Gasteiger partial charge in [0.25, 0.3) is 0 Å². The largest absolute Gasteiger partial charge is 0.469 e. The Hall–Kier alpha value is -1.59. The molecular formula is C7H11N3O3. The summed E-state index contributed by atoms with van der Waals surface area (Å²) in [5.41, 5.74) is 5.25. The number of ether oxygens (including phenoxy) is 1. The number of nitrogens with one attached hydrogen (secondary N) is 1. The van der Waals surface area contributed by atoms with Gasteiger partial charge in [-0.3, -0.25) is 19.9 Å². The number of rotatable bonds is 2. The first-order valence-electron chi connectivity index (χ1n) is 3.81. The number of hydrogen-bond donors (Lipinski definition) is 2. The van der Waals surface area contributed by atoms with Gasteiger partial charge in [0.1, 0.15) is 0 Å². The molecule has 0 radical (unpaired) electrons. The lowest BCUT2D eigenvalue weighted by atomic mass is 10.0. The predicted octanol–water partition coefficient (Wildman–Crippen LogP) is -1.39. The third-order valence-electron chi connectivity index (χ3n) is 1.74. The van der Waals surface area contributed by atoms with E-state index in [1.54, 1.807) is 0 Å². The number of aliphatic imine (C=N–C) groups is 1. The van der Waals surface area contributed by atoms with Crippen LogP contribution in [0.25, 0.3) is 0 Å². The highest BCUT2D eigenvalue weighted by atomic mass is 16.5.